The molecule has 0 N–H and O–H groups in total. The van der Waals surface area contributed by atoms with Crippen LogP contribution in [0.5, 0.6) is 0 Å². The van der Waals surface area contributed by atoms with E-state index in [1.165, 1.54) is 11.1 Å². The number of amides is 1. The molecule has 2 nitrogen and oxygen atoms in total. The van der Waals surface area contributed by atoms with Crippen LogP contribution in [0.4, 0.5) is 0 Å². The number of nitrogens with zero attached hydrogens (tertiary/aromatic N) is 1. The fourth-order valence-corrected chi connectivity index (χ4v) is 2.76. The molecule has 1 aliphatic heterocycles. The molecule has 0 aliphatic carbocycles. The van der Waals surface area contributed by atoms with Crippen LogP contribution in [0.3, 0.4) is 0 Å². The Morgan fingerprint density at radius 2 is 1.78 bits per heavy atom. The summed E-state index contributed by atoms with van der Waals surface area (Å²) in [6.45, 7) is 1.42. The van der Waals surface area contributed by atoms with E-state index in [0.717, 1.165) is 18.5 Å². The van der Waals surface area contributed by atoms with Crippen LogP contribution in [0.2, 0.25) is 5.02 Å². The van der Waals surface area contributed by atoms with Crippen molar-refractivity contribution in [2.75, 3.05) is 13.1 Å². The minimum atomic E-state index is 0.0447. The Morgan fingerprint density at radius 3 is 2.43 bits per heavy atom. The molecule has 0 atom stereocenters. The zero-order valence-electron chi connectivity index (χ0n) is 12.8. The van der Waals surface area contributed by atoms with Gasteiger partial charge in [-0.1, -0.05) is 60.1 Å². The van der Waals surface area contributed by atoms with Gasteiger partial charge in [0.1, 0.15) is 0 Å². The molecule has 0 fully saturated rings. The van der Waals surface area contributed by atoms with Crippen LogP contribution in [0, 0.1) is 0 Å². The molecular formula is C20H18ClNO. The summed E-state index contributed by atoms with van der Waals surface area (Å²) in [7, 11) is 0. The second-order valence-electron chi connectivity index (χ2n) is 5.51. The van der Waals surface area contributed by atoms with E-state index in [1.54, 1.807) is 6.08 Å². The van der Waals surface area contributed by atoms with Crippen molar-refractivity contribution in [1.82, 2.24) is 4.90 Å². The number of halogens is 1. The number of benzene rings is 2. The molecule has 0 saturated heterocycles. The van der Waals surface area contributed by atoms with Crippen molar-refractivity contribution in [1.29, 1.82) is 0 Å². The number of rotatable bonds is 3. The van der Waals surface area contributed by atoms with Crippen molar-refractivity contribution < 1.29 is 4.79 Å². The summed E-state index contributed by atoms with van der Waals surface area (Å²) in [6, 6.07) is 17.8. The number of carbonyl (C=O) groups excluding carboxylic acids is 1. The van der Waals surface area contributed by atoms with E-state index in [1.807, 2.05) is 53.4 Å². The first-order chi connectivity index (χ1) is 11.2. The minimum absolute atomic E-state index is 0.0447. The molecule has 1 aliphatic rings. The summed E-state index contributed by atoms with van der Waals surface area (Å²) in [5, 5.41) is 0.697. The van der Waals surface area contributed by atoms with Gasteiger partial charge in [-0.05, 0) is 41.3 Å². The highest BCUT2D eigenvalue weighted by Crippen LogP contribution is 2.22. The standard InChI is InChI=1S/C20H18ClNO/c21-19-9-6-16(7-10-19)8-11-20(23)22-14-12-18(13-15-22)17-4-2-1-3-5-17/h1-12H,13-15H2/b11-8+. The molecule has 0 aromatic heterocycles. The molecule has 1 heterocycles. The maximum absolute atomic E-state index is 12.3. The predicted octanol–water partition coefficient (Wildman–Crippen LogP) is 4.67. The largest absolute Gasteiger partial charge is 0.335 e. The lowest BCUT2D eigenvalue weighted by Gasteiger charge is -2.25. The van der Waals surface area contributed by atoms with Crippen LogP contribution in [0.15, 0.2) is 66.7 Å². The van der Waals surface area contributed by atoms with Gasteiger partial charge < -0.3 is 4.90 Å². The van der Waals surface area contributed by atoms with E-state index < -0.39 is 0 Å². The molecule has 0 unspecified atom stereocenters. The molecule has 3 heteroatoms. The van der Waals surface area contributed by atoms with E-state index in [9.17, 15) is 4.79 Å². The Balaban J connectivity index is 1.62. The van der Waals surface area contributed by atoms with Crippen LogP contribution in [-0.4, -0.2) is 23.9 Å². The van der Waals surface area contributed by atoms with E-state index in [-0.39, 0.29) is 5.91 Å². The number of hydrogen-bond acceptors (Lipinski definition) is 1. The van der Waals surface area contributed by atoms with E-state index in [2.05, 4.69) is 18.2 Å². The SMILES string of the molecule is O=C(/C=C/c1ccc(Cl)cc1)N1CC=C(c2ccccc2)CC1. The van der Waals surface area contributed by atoms with Gasteiger partial charge in [0.2, 0.25) is 5.91 Å². The highest BCUT2D eigenvalue weighted by molar-refractivity contribution is 6.30. The Labute approximate surface area is 141 Å². The van der Waals surface area contributed by atoms with E-state index >= 15 is 0 Å². The molecule has 0 bridgehead atoms. The highest BCUT2D eigenvalue weighted by Gasteiger charge is 2.15. The van der Waals surface area contributed by atoms with Crippen LogP contribution in [-0.2, 0) is 4.79 Å². The lowest BCUT2D eigenvalue weighted by Crippen LogP contribution is -2.33. The topological polar surface area (TPSA) is 20.3 Å². The first-order valence-corrected chi connectivity index (χ1v) is 8.07. The second-order valence-corrected chi connectivity index (χ2v) is 5.95. The lowest BCUT2D eigenvalue weighted by molar-refractivity contribution is -0.125. The minimum Gasteiger partial charge on any atom is -0.335 e. The average molecular weight is 324 g/mol. The highest BCUT2D eigenvalue weighted by atomic mass is 35.5. The normalized spacial score (nSPS) is 14.8. The van der Waals surface area contributed by atoms with Crippen LogP contribution in [0.25, 0.3) is 11.6 Å². The van der Waals surface area contributed by atoms with Crippen molar-refractivity contribution in [2.24, 2.45) is 0 Å². The maximum Gasteiger partial charge on any atom is 0.246 e. The first kappa shape index (κ1) is 15.6. The van der Waals surface area contributed by atoms with Gasteiger partial charge in [-0.3, -0.25) is 4.79 Å². The van der Waals surface area contributed by atoms with Crippen molar-refractivity contribution in [3.63, 3.8) is 0 Å². The molecule has 0 saturated carbocycles. The number of hydrogen-bond donors (Lipinski definition) is 0. The molecule has 1 amide bonds. The Bertz CT molecular complexity index is 732. The summed E-state index contributed by atoms with van der Waals surface area (Å²) < 4.78 is 0. The van der Waals surface area contributed by atoms with Gasteiger partial charge in [-0.15, -0.1) is 0 Å². The van der Waals surface area contributed by atoms with Crippen LogP contribution < -0.4 is 0 Å². The fraction of sp³-hybridized carbons (Fsp3) is 0.150. The molecule has 2 aromatic carbocycles. The van der Waals surface area contributed by atoms with E-state index in [0.29, 0.717) is 11.6 Å². The molecule has 116 valence electrons. The zero-order valence-corrected chi connectivity index (χ0v) is 13.5. The van der Waals surface area contributed by atoms with Crippen molar-refractivity contribution in [3.8, 4) is 0 Å². The van der Waals surface area contributed by atoms with Gasteiger partial charge in [-0.2, -0.15) is 0 Å². The molecule has 23 heavy (non-hydrogen) atoms. The zero-order chi connectivity index (χ0) is 16.1. The summed E-state index contributed by atoms with van der Waals surface area (Å²) in [6.07, 6.45) is 6.50. The average Bonchev–Trinajstić information content (AvgIpc) is 2.62. The molecule has 2 aromatic rings. The van der Waals surface area contributed by atoms with Crippen LogP contribution in [0.1, 0.15) is 17.5 Å². The molecular weight excluding hydrogens is 306 g/mol. The molecule has 0 radical (unpaired) electrons. The van der Waals surface area contributed by atoms with Crippen molar-refractivity contribution in [2.45, 2.75) is 6.42 Å². The first-order valence-electron chi connectivity index (χ1n) is 7.69. The third-order valence-electron chi connectivity index (χ3n) is 3.95. The monoisotopic (exact) mass is 323 g/mol. The van der Waals surface area contributed by atoms with Gasteiger partial charge in [0.25, 0.3) is 0 Å². The van der Waals surface area contributed by atoms with Gasteiger partial charge in [0.15, 0.2) is 0 Å². The summed E-state index contributed by atoms with van der Waals surface area (Å²) in [4.78, 5) is 14.1. The quantitative estimate of drug-likeness (QED) is 0.752. The van der Waals surface area contributed by atoms with Crippen molar-refractivity contribution >= 4 is 29.2 Å². The maximum atomic E-state index is 12.3. The van der Waals surface area contributed by atoms with Crippen molar-refractivity contribution in [3.05, 3.63) is 82.9 Å². The molecule has 0 spiro atoms. The number of carbonyl (C=O) groups is 1. The Hall–Kier alpha value is -2.32. The predicted molar refractivity (Wildman–Crippen MR) is 96.1 cm³/mol. The van der Waals surface area contributed by atoms with Gasteiger partial charge in [0.05, 0.1) is 0 Å². The smallest absolute Gasteiger partial charge is 0.246 e. The summed E-state index contributed by atoms with van der Waals surface area (Å²) in [5.41, 5.74) is 3.54. The third-order valence-corrected chi connectivity index (χ3v) is 4.21. The van der Waals surface area contributed by atoms with Crippen LogP contribution >= 0.6 is 11.6 Å². The fourth-order valence-electron chi connectivity index (χ4n) is 2.63. The summed E-state index contributed by atoms with van der Waals surface area (Å²) >= 11 is 5.85. The Kier molecular flexibility index (Phi) is 4.94. The Morgan fingerprint density at radius 1 is 1.04 bits per heavy atom. The lowest BCUT2D eigenvalue weighted by atomic mass is 9.99. The molecule has 3 rings (SSSR count). The van der Waals surface area contributed by atoms with E-state index in [4.69, 9.17) is 11.6 Å². The summed E-state index contributed by atoms with van der Waals surface area (Å²) in [5.74, 6) is 0.0447. The van der Waals surface area contributed by atoms with Gasteiger partial charge in [-0.25, -0.2) is 0 Å². The van der Waals surface area contributed by atoms with Gasteiger partial charge in [0, 0.05) is 24.2 Å². The van der Waals surface area contributed by atoms with Gasteiger partial charge >= 0.3 is 0 Å². The second kappa shape index (κ2) is 7.30. The third kappa shape index (κ3) is 4.11.